The van der Waals surface area contributed by atoms with E-state index in [1.165, 1.54) is 5.69 Å². The van der Waals surface area contributed by atoms with Crippen molar-refractivity contribution in [2.45, 2.75) is 39.2 Å². The van der Waals surface area contributed by atoms with Crippen LogP contribution in [-0.4, -0.2) is 20.8 Å². The van der Waals surface area contributed by atoms with Crippen LogP contribution in [0.1, 0.15) is 29.0 Å². The van der Waals surface area contributed by atoms with Gasteiger partial charge in [0.05, 0.1) is 16.4 Å². The molecule has 19 heavy (non-hydrogen) atoms. The van der Waals surface area contributed by atoms with E-state index in [2.05, 4.69) is 33.9 Å². The van der Waals surface area contributed by atoms with Crippen molar-refractivity contribution in [3.05, 3.63) is 33.5 Å². The smallest absolute Gasteiger partial charge is 0.0897 e. The zero-order chi connectivity index (χ0) is 13.8. The first-order valence-electron chi connectivity index (χ1n) is 6.51. The Labute approximate surface area is 117 Å². The summed E-state index contributed by atoms with van der Waals surface area (Å²) in [5.41, 5.74) is 6.31. The van der Waals surface area contributed by atoms with Gasteiger partial charge in [0.2, 0.25) is 0 Å². The van der Waals surface area contributed by atoms with Crippen molar-refractivity contribution in [3.63, 3.8) is 0 Å². The lowest BCUT2D eigenvalue weighted by atomic mass is 10.1. The predicted molar refractivity (Wildman–Crippen MR) is 78.0 cm³/mol. The Bertz CT molecular complexity index is 531. The van der Waals surface area contributed by atoms with Crippen LogP contribution in [0.25, 0.3) is 0 Å². The monoisotopic (exact) mass is 279 g/mol. The molecule has 1 unspecified atom stereocenters. The summed E-state index contributed by atoms with van der Waals surface area (Å²) in [7, 11) is 1.98. The zero-order valence-corrected chi connectivity index (χ0v) is 12.5. The quantitative estimate of drug-likeness (QED) is 0.619. The van der Waals surface area contributed by atoms with Crippen LogP contribution in [-0.2, 0) is 26.3 Å². The highest BCUT2D eigenvalue weighted by Gasteiger charge is 2.14. The minimum atomic E-state index is 0.182. The first kappa shape index (κ1) is 14.2. The molecule has 5 nitrogen and oxygen atoms in total. The number of nitrogens with zero attached hydrogens (tertiary/aromatic N) is 3. The van der Waals surface area contributed by atoms with Crippen LogP contribution >= 0.6 is 11.3 Å². The van der Waals surface area contributed by atoms with E-state index in [4.69, 9.17) is 5.84 Å². The first-order chi connectivity index (χ1) is 9.12. The van der Waals surface area contributed by atoms with Crippen LogP contribution in [0.15, 0.2) is 11.4 Å². The summed E-state index contributed by atoms with van der Waals surface area (Å²) in [6.07, 6.45) is 2.66. The molecule has 0 aliphatic carbocycles. The number of thiazole rings is 1. The van der Waals surface area contributed by atoms with Gasteiger partial charge in [0, 0.05) is 37.0 Å². The molecule has 0 saturated carbocycles. The standard InChI is InChI=1S/C13H21N5S/c1-4-10-6-13(18(3)17-10)7-11(16-14)5-12-8-19-9(2)15-12/h6,8,11,16H,4-5,7,14H2,1-3H3. The van der Waals surface area contributed by atoms with Gasteiger partial charge in [-0.15, -0.1) is 11.3 Å². The van der Waals surface area contributed by atoms with Gasteiger partial charge in [0.15, 0.2) is 0 Å². The van der Waals surface area contributed by atoms with Gasteiger partial charge in [0.1, 0.15) is 0 Å². The Balaban J connectivity index is 2.03. The highest BCUT2D eigenvalue weighted by Crippen LogP contribution is 2.13. The number of aromatic nitrogens is 3. The zero-order valence-electron chi connectivity index (χ0n) is 11.7. The Morgan fingerprint density at radius 1 is 1.42 bits per heavy atom. The lowest BCUT2D eigenvalue weighted by Gasteiger charge is -2.14. The molecule has 6 heteroatoms. The van der Waals surface area contributed by atoms with Crippen molar-refractivity contribution >= 4 is 11.3 Å². The molecule has 0 spiro atoms. The van der Waals surface area contributed by atoms with Crippen molar-refractivity contribution in [3.8, 4) is 0 Å². The number of nitrogens with two attached hydrogens (primary N) is 1. The minimum absolute atomic E-state index is 0.182. The summed E-state index contributed by atoms with van der Waals surface area (Å²) in [4.78, 5) is 4.48. The highest BCUT2D eigenvalue weighted by atomic mass is 32.1. The largest absolute Gasteiger partial charge is 0.272 e. The van der Waals surface area contributed by atoms with E-state index >= 15 is 0 Å². The Morgan fingerprint density at radius 3 is 2.74 bits per heavy atom. The van der Waals surface area contributed by atoms with Gasteiger partial charge in [0.25, 0.3) is 0 Å². The maximum atomic E-state index is 5.66. The van der Waals surface area contributed by atoms with Gasteiger partial charge in [-0.25, -0.2) is 4.98 Å². The first-order valence-corrected chi connectivity index (χ1v) is 7.39. The van der Waals surface area contributed by atoms with Gasteiger partial charge in [-0.3, -0.25) is 16.0 Å². The molecule has 1 atom stereocenters. The maximum absolute atomic E-state index is 5.66. The summed E-state index contributed by atoms with van der Waals surface area (Å²) in [5.74, 6) is 5.66. The number of aryl methyl sites for hydroxylation is 3. The molecule has 0 aromatic carbocycles. The fourth-order valence-electron chi connectivity index (χ4n) is 2.13. The van der Waals surface area contributed by atoms with Gasteiger partial charge in [-0.05, 0) is 19.4 Å². The number of rotatable bonds is 6. The van der Waals surface area contributed by atoms with E-state index in [0.717, 1.165) is 35.7 Å². The molecule has 0 bridgehead atoms. The lowest BCUT2D eigenvalue weighted by Crippen LogP contribution is -2.39. The van der Waals surface area contributed by atoms with Crippen molar-refractivity contribution in [2.75, 3.05) is 0 Å². The predicted octanol–water partition coefficient (Wildman–Crippen LogP) is 1.36. The fraction of sp³-hybridized carbons (Fsp3) is 0.538. The highest BCUT2D eigenvalue weighted by molar-refractivity contribution is 7.09. The summed E-state index contributed by atoms with van der Waals surface area (Å²) in [6, 6.07) is 2.33. The molecule has 2 aromatic rings. The normalized spacial score (nSPS) is 12.8. The van der Waals surface area contributed by atoms with Crippen LogP contribution in [0.2, 0.25) is 0 Å². The SMILES string of the molecule is CCc1cc(CC(Cc2csc(C)n2)NN)n(C)n1. The van der Waals surface area contributed by atoms with Crippen molar-refractivity contribution in [1.82, 2.24) is 20.2 Å². The molecule has 0 radical (unpaired) electrons. The van der Waals surface area contributed by atoms with E-state index in [1.54, 1.807) is 11.3 Å². The second-order valence-electron chi connectivity index (χ2n) is 4.73. The average molecular weight is 279 g/mol. The van der Waals surface area contributed by atoms with E-state index in [-0.39, 0.29) is 6.04 Å². The van der Waals surface area contributed by atoms with Crippen LogP contribution in [0.4, 0.5) is 0 Å². The van der Waals surface area contributed by atoms with E-state index < -0.39 is 0 Å². The average Bonchev–Trinajstić information content (AvgIpc) is 2.95. The number of hydrazine groups is 1. The molecule has 3 N–H and O–H groups in total. The molecular weight excluding hydrogens is 258 g/mol. The molecule has 2 rings (SSSR count). The van der Waals surface area contributed by atoms with E-state index in [9.17, 15) is 0 Å². The molecule has 0 amide bonds. The number of hydrogen-bond donors (Lipinski definition) is 2. The summed E-state index contributed by atoms with van der Waals surface area (Å²) < 4.78 is 1.94. The fourth-order valence-corrected chi connectivity index (χ4v) is 2.76. The second-order valence-corrected chi connectivity index (χ2v) is 5.80. The Hall–Kier alpha value is -1.24. The molecule has 0 fully saturated rings. The van der Waals surface area contributed by atoms with Crippen molar-refractivity contribution in [2.24, 2.45) is 12.9 Å². The van der Waals surface area contributed by atoms with E-state index in [0.29, 0.717) is 0 Å². The molecule has 0 aliphatic heterocycles. The van der Waals surface area contributed by atoms with Crippen LogP contribution < -0.4 is 11.3 Å². The molecule has 2 heterocycles. The molecule has 0 saturated heterocycles. The van der Waals surface area contributed by atoms with Crippen LogP contribution in [0.3, 0.4) is 0 Å². The van der Waals surface area contributed by atoms with Crippen LogP contribution in [0.5, 0.6) is 0 Å². The van der Waals surface area contributed by atoms with Crippen molar-refractivity contribution < 1.29 is 0 Å². The molecule has 104 valence electrons. The minimum Gasteiger partial charge on any atom is -0.272 e. The molecule has 0 aliphatic rings. The van der Waals surface area contributed by atoms with Crippen molar-refractivity contribution in [1.29, 1.82) is 0 Å². The summed E-state index contributed by atoms with van der Waals surface area (Å²) in [6.45, 7) is 4.14. The molecular formula is C13H21N5S. The maximum Gasteiger partial charge on any atom is 0.0897 e. The number of nitrogens with one attached hydrogen (secondary N) is 1. The summed E-state index contributed by atoms with van der Waals surface area (Å²) >= 11 is 1.68. The topological polar surface area (TPSA) is 68.8 Å². The third kappa shape index (κ3) is 3.62. The van der Waals surface area contributed by atoms with Gasteiger partial charge in [-0.2, -0.15) is 5.10 Å². The van der Waals surface area contributed by atoms with Gasteiger partial charge >= 0.3 is 0 Å². The van der Waals surface area contributed by atoms with Crippen LogP contribution in [0, 0.1) is 6.92 Å². The lowest BCUT2D eigenvalue weighted by molar-refractivity contribution is 0.501. The second kappa shape index (κ2) is 6.27. The van der Waals surface area contributed by atoms with Gasteiger partial charge in [-0.1, -0.05) is 6.92 Å². The Morgan fingerprint density at radius 2 is 2.21 bits per heavy atom. The molecule has 2 aromatic heterocycles. The third-order valence-electron chi connectivity index (χ3n) is 3.20. The Kier molecular flexibility index (Phi) is 4.68. The van der Waals surface area contributed by atoms with Gasteiger partial charge < -0.3 is 0 Å². The van der Waals surface area contributed by atoms with E-state index in [1.807, 2.05) is 18.7 Å². The third-order valence-corrected chi connectivity index (χ3v) is 4.03. The summed E-state index contributed by atoms with van der Waals surface area (Å²) in [5, 5.41) is 7.66. The number of hydrogen-bond acceptors (Lipinski definition) is 5.